The lowest BCUT2D eigenvalue weighted by molar-refractivity contribution is 0.0439. The summed E-state index contributed by atoms with van der Waals surface area (Å²) in [6.07, 6.45) is 7.11. The molecule has 5 heteroatoms. The maximum atomic E-state index is 5.82. The predicted octanol–water partition coefficient (Wildman–Crippen LogP) is 2.63. The third-order valence-electron chi connectivity index (χ3n) is 2.88. The third-order valence-corrected chi connectivity index (χ3v) is 3.44. The summed E-state index contributed by atoms with van der Waals surface area (Å²) >= 11 is 3.50. The van der Waals surface area contributed by atoms with Gasteiger partial charge in [-0.05, 0) is 35.2 Å². The Bertz CT molecular complexity index is 361. The van der Waals surface area contributed by atoms with Gasteiger partial charge in [0.15, 0.2) is 0 Å². The number of rotatable bonds is 4. The van der Waals surface area contributed by atoms with Gasteiger partial charge in [-0.3, -0.25) is 0 Å². The Morgan fingerprint density at radius 2 is 2.47 bits per heavy atom. The normalized spacial score (nSPS) is 20.6. The highest BCUT2D eigenvalue weighted by Crippen LogP contribution is 2.25. The van der Waals surface area contributed by atoms with Crippen LogP contribution in [0.3, 0.4) is 0 Å². The van der Waals surface area contributed by atoms with E-state index in [0.29, 0.717) is 6.10 Å². The number of piperidine rings is 1. The molecule has 1 aromatic rings. The predicted molar refractivity (Wildman–Crippen MR) is 71.2 cm³/mol. The second-order valence-corrected chi connectivity index (χ2v) is 5.13. The fraction of sp³-hybridized carbons (Fsp3) is 0.667. The molecular formula is C12H18BrN3O. The van der Waals surface area contributed by atoms with Crippen LogP contribution in [0.15, 0.2) is 17.0 Å². The summed E-state index contributed by atoms with van der Waals surface area (Å²) in [6, 6.07) is 0. The van der Waals surface area contributed by atoms with Crippen LogP contribution < -0.4 is 4.90 Å². The quantitative estimate of drug-likeness (QED) is 0.857. The molecule has 0 spiro atoms. The van der Waals surface area contributed by atoms with E-state index in [4.69, 9.17) is 4.74 Å². The van der Waals surface area contributed by atoms with Gasteiger partial charge < -0.3 is 9.64 Å². The van der Waals surface area contributed by atoms with Crippen molar-refractivity contribution < 1.29 is 4.74 Å². The number of halogens is 1. The Balaban J connectivity index is 1.99. The highest BCUT2D eigenvalue weighted by molar-refractivity contribution is 9.10. The van der Waals surface area contributed by atoms with E-state index in [0.717, 1.165) is 49.2 Å². The molecule has 17 heavy (non-hydrogen) atoms. The summed E-state index contributed by atoms with van der Waals surface area (Å²) in [5.74, 6) is 0.977. The molecule has 0 saturated carbocycles. The Morgan fingerprint density at radius 1 is 1.59 bits per heavy atom. The molecule has 1 unspecified atom stereocenters. The summed E-state index contributed by atoms with van der Waals surface area (Å²) < 4.78 is 6.78. The Hall–Kier alpha value is -0.680. The molecule has 94 valence electrons. The Morgan fingerprint density at radius 3 is 3.24 bits per heavy atom. The highest BCUT2D eigenvalue weighted by Gasteiger charge is 2.22. The molecule has 0 aliphatic carbocycles. The van der Waals surface area contributed by atoms with Crippen LogP contribution in [0, 0.1) is 0 Å². The van der Waals surface area contributed by atoms with Gasteiger partial charge in [0.05, 0.1) is 10.6 Å². The minimum absolute atomic E-state index is 0.338. The van der Waals surface area contributed by atoms with Crippen molar-refractivity contribution in [2.45, 2.75) is 32.3 Å². The second-order valence-electron chi connectivity index (χ2n) is 4.28. The molecule has 4 nitrogen and oxygen atoms in total. The standard InChI is InChI=1S/C12H18BrN3O/c1-2-6-17-10-4-3-5-16(8-10)12-11(13)7-14-9-15-12/h7,9-10H,2-6,8H2,1H3. The van der Waals surface area contributed by atoms with E-state index in [1.54, 1.807) is 12.5 Å². The van der Waals surface area contributed by atoms with Crippen LogP contribution in [0.4, 0.5) is 5.82 Å². The van der Waals surface area contributed by atoms with E-state index in [9.17, 15) is 0 Å². The van der Waals surface area contributed by atoms with E-state index in [1.807, 2.05) is 0 Å². The largest absolute Gasteiger partial charge is 0.376 e. The van der Waals surface area contributed by atoms with Crippen molar-refractivity contribution in [2.24, 2.45) is 0 Å². The van der Waals surface area contributed by atoms with Gasteiger partial charge in [0.25, 0.3) is 0 Å². The number of hydrogen-bond donors (Lipinski definition) is 0. The molecule has 2 rings (SSSR count). The minimum atomic E-state index is 0.338. The summed E-state index contributed by atoms with van der Waals surface area (Å²) in [7, 11) is 0. The zero-order valence-electron chi connectivity index (χ0n) is 10.1. The van der Waals surface area contributed by atoms with Gasteiger partial charge in [-0.2, -0.15) is 0 Å². The second kappa shape index (κ2) is 6.31. The molecule has 0 amide bonds. The lowest BCUT2D eigenvalue weighted by Crippen LogP contribution is -2.40. The molecule has 1 aliphatic heterocycles. The lowest BCUT2D eigenvalue weighted by Gasteiger charge is -2.33. The smallest absolute Gasteiger partial charge is 0.146 e. The first-order chi connectivity index (χ1) is 8.31. The first-order valence-corrected chi connectivity index (χ1v) is 6.92. The van der Waals surface area contributed by atoms with Gasteiger partial charge in [0, 0.05) is 25.9 Å². The Labute approximate surface area is 111 Å². The third kappa shape index (κ3) is 3.39. The van der Waals surface area contributed by atoms with E-state index >= 15 is 0 Å². The molecule has 1 fully saturated rings. The van der Waals surface area contributed by atoms with Crippen LogP contribution in [0.2, 0.25) is 0 Å². The van der Waals surface area contributed by atoms with E-state index in [-0.39, 0.29) is 0 Å². The molecule has 1 atom stereocenters. The van der Waals surface area contributed by atoms with E-state index in [2.05, 4.69) is 37.7 Å². The highest BCUT2D eigenvalue weighted by atomic mass is 79.9. The molecule has 0 radical (unpaired) electrons. The number of nitrogens with zero attached hydrogens (tertiary/aromatic N) is 3. The van der Waals surface area contributed by atoms with E-state index < -0.39 is 0 Å². The lowest BCUT2D eigenvalue weighted by atomic mass is 10.1. The van der Waals surface area contributed by atoms with Crippen LogP contribution in [-0.2, 0) is 4.74 Å². The van der Waals surface area contributed by atoms with Gasteiger partial charge >= 0.3 is 0 Å². The average Bonchev–Trinajstić information content (AvgIpc) is 2.37. The molecule has 0 N–H and O–H groups in total. The molecule has 1 aromatic heterocycles. The topological polar surface area (TPSA) is 38.2 Å². The number of ether oxygens (including phenoxy) is 1. The summed E-state index contributed by atoms with van der Waals surface area (Å²) in [6.45, 7) is 4.96. The summed E-state index contributed by atoms with van der Waals surface area (Å²) in [5, 5.41) is 0. The Kier molecular flexibility index (Phi) is 4.74. The van der Waals surface area contributed by atoms with Crippen molar-refractivity contribution in [2.75, 3.05) is 24.6 Å². The van der Waals surface area contributed by atoms with Crippen LogP contribution in [0.5, 0.6) is 0 Å². The van der Waals surface area contributed by atoms with Crippen molar-refractivity contribution >= 4 is 21.7 Å². The van der Waals surface area contributed by atoms with Crippen molar-refractivity contribution in [3.05, 3.63) is 17.0 Å². The van der Waals surface area contributed by atoms with Gasteiger partial charge in [-0.15, -0.1) is 0 Å². The van der Waals surface area contributed by atoms with Crippen LogP contribution >= 0.6 is 15.9 Å². The van der Waals surface area contributed by atoms with Crippen LogP contribution in [-0.4, -0.2) is 35.8 Å². The zero-order chi connectivity index (χ0) is 12.1. The van der Waals surface area contributed by atoms with Crippen LogP contribution in [0.1, 0.15) is 26.2 Å². The summed E-state index contributed by atoms with van der Waals surface area (Å²) in [5.41, 5.74) is 0. The maximum Gasteiger partial charge on any atom is 0.146 e. The van der Waals surface area contributed by atoms with Gasteiger partial charge in [0.2, 0.25) is 0 Å². The monoisotopic (exact) mass is 299 g/mol. The molecule has 1 aliphatic rings. The molecule has 1 saturated heterocycles. The number of hydrogen-bond acceptors (Lipinski definition) is 4. The molecule has 2 heterocycles. The first kappa shape index (κ1) is 12.8. The van der Waals surface area contributed by atoms with Gasteiger partial charge in [0.1, 0.15) is 12.1 Å². The van der Waals surface area contributed by atoms with Crippen molar-refractivity contribution in [1.82, 2.24) is 9.97 Å². The SMILES string of the molecule is CCCOC1CCCN(c2ncncc2Br)C1. The minimum Gasteiger partial charge on any atom is -0.376 e. The first-order valence-electron chi connectivity index (χ1n) is 6.13. The van der Waals surface area contributed by atoms with Gasteiger partial charge in [-0.25, -0.2) is 9.97 Å². The maximum absolute atomic E-state index is 5.82. The van der Waals surface area contributed by atoms with E-state index in [1.165, 1.54) is 0 Å². The van der Waals surface area contributed by atoms with Crippen molar-refractivity contribution in [3.63, 3.8) is 0 Å². The average molecular weight is 300 g/mol. The molecule has 0 aromatic carbocycles. The van der Waals surface area contributed by atoms with Gasteiger partial charge in [-0.1, -0.05) is 6.92 Å². The van der Waals surface area contributed by atoms with Crippen molar-refractivity contribution in [1.29, 1.82) is 0 Å². The van der Waals surface area contributed by atoms with Crippen molar-refractivity contribution in [3.8, 4) is 0 Å². The fourth-order valence-electron chi connectivity index (χ4n) is 2.09. The van der Waals surface area contributed by atoms with Crippen LogP contribution in [0.25, 0.3) is 0 Å². The zero-order valence-corrected chi connectivity index (χ0v) is 11.7. The molecular weight excluding hydrogens is 282 g/mol. The molecule has 0 bridgehead atoms. The number of aromatic nitrogens is 2. The number of anilines is 1. The summed E-state index contributed by atoms with van der Waals surface area (Å²) in [4.78, 5) is 10.6. The fourth-order valence-corrected chi connectivity index (χ4v) is 2.56.